The lowest BCUT2D eigenvalue weighted by Crippen LogP contribution is -2.41. The van der Waals surface area contributed by atoms with Gasteiger partial charge in [-0.25, -0.2) is 0 Å². The summed E-state index contributed by atoms with van der Waals surface area (Å²) in [4.78, 5) is 27.6. The fourth-order valence-electron chi connectivity index (χ4n) is 2.79. The third-order valence-electron chi connectivity index (χ3n) is 4.37. The molecule has 1 aromatic rings. The van der Waals surface area contributed by atoms with Gasteiger partial charge in [0.15, 0.2) is 0 Å². The van der Waals surface area contributed by atoms with Crippen molar-refractivity contribution in [1.82, 2.24) is 9.80 Å². The third-order valence-corrected chi connectivity index (χ3v) is 4.37. The zero-order valence-corrected chi connectivity index (χ0v) is 13.4. The summed E-state index contributed by atoms with van der Waals surface area (Å²) in [7, 11) is 1.77. The second-order valence-corrected chi connectivity index (χ2v) is 5.97. The molecule has 0 spiro atoms. The van der Waals surface area contributed by atoms with Gasteiger partial charge in [-0.2, -0.15) is 0 Å². The predicted octanol–water partition coefficient (Wildman–Crippen LogP) is 1.40. The van der Waals surface area contributed by atoms with Crippen LogP contribution < -0.4 is 5.73 Å². The molecule has 1 saturated heterocycles. The fraction of sp³-hybridized carbons (Fsp3) is 0.529. The molecule has 1 aliphatic rings. The summed E-state index contributed by atoms with van der Waals surface area (Å²) in [6.07, 6.45) is 1.55. The first-order chi connectivity index (χ1) is 10.5. The molecule has 1 aliphatic heterocycles. The second-order valence-electron chi connectivity index (χ2n) is 5.97. The molecular formula is C17H25N3O2. The maximum absolute atomic E-state index is 12.5. The van der Waals surface area contributed by atoms with Crippen molar-refractivity contribution in [2.24, 2.45) is 11.7 Å². The molecule has 0 aromatic heterocycles. The highest BCUT2D eigenvalue weighted by Crippen LogP contribution is 2.20. The van der Waals surface area contributed by atoms with E-state index in [1.165, 1.54) is 0 Å². The minimum absolute atomic E-state index is 0.0167. The average molecular weight is 303 g/mol. The maximum Gasteiger partial charge on any atom is 0.227 e. The van der Waals surface area contributed by atoms with Crippen molar-refractivity contribution >= 4 is 11.8 Å². The number of amides is 2. The summed E-state index contributed by atoms with van der Waals surface area (Å²) in [5.74, 6) is -0.0837. The Kier molecular flexibility index (Phi) is 5.55. The molecule has 2 amide bonds. The molecule has 0 bridgehead atoms. The Morgan fingerprint density at radius 3 is 2.64 bits per heavy atom. The van der Waals surface area contributed by atoms with Gasteiger partial charge in [-0.1, -0.05) is 37.3 Å². The van der Waals surface area contributed by atoms with Gasteiger partial charge in [0.25, 0.3) is 0 Å². The van der Waals surface area contributed by atoms with Crippen LogP contribution in [0.5, 0.6) is 0 Å². The molecule has 120 valence electrons. The molecule has 2 rings (SSSR count). The molecule has 2 atom stereocenters. The largest absolute Gasteiger partial charge is 0.344 e. The standard InChI is InChI=1S/C17H25N3O2/c1-13(16(18)14-7-4-3-5-8-14)17(22)19(2)11-12-20-10-6-9-15(20)21/h3-5,7-8,13,16H,6,9-12,18H2,1-2H3. The summed E-state index contributed by atoms with van der Waals surface area (Å²) in [6, 6.07) is 9.35. The Balaban J connectivity index is 1.88. The van der Waals surface area contributed by atoms with E-state index in [0.717, 1.165) is 18.5 Å². The van der Waals surface area contributed by atoms with Crippen LogP contribution in [0.15, 0.2) is 30.3 Å². The molecule has 5 heteroatoms. The van der Waals surface area contributed by atoms with Crippen molar-refractivity contribution in [3.05, 3.63) is 35.9 Å². The van der Waals surface area contributed by atoms with Crippen molar-refractivity contribution in [3.8, 4) is 0 Å². The number of carbonyl (C=O) groups is 2. The van der Waals surface area contributed by atoms with Crippen LogP contribution in [-0.2, 0) is 9.59 Å². The molecule has 5 nitrogen and oxygen atoms in total. The Morgan fingerprint density at radius 1 is 1.36 bits per heavy atom. The molecular weight excluding hydrogens is 278 g/mol. The van der Waals surface area contributed by atoms with Crippen LogP contribution in [0, 0.1) is 5.92 Å². The van der Waals surface area contributed by atoms with Gasteiger partial charge in [0.2, 0.25) is 11.8 Å². The normalized spacial score (nSPS) is 17.4. The highest BCUT2D eigenvalue weighted by Gasteiger charge is 2.26. The third kappa shape index (κ3) is 3.85. The minimum Gasteiger partial charge on any atom is -0.344 e. The van der Waals surface area contributed by atoms with Gasteiger partial charge in [0.05, 0.1) is 5.92 Å². The molecule has 1 fully saturated rings. The average Bonchev–Trinajstić information content (AvgIpc) is 2.96. The summed E-state index contributed by atoms with van der Waals surface area (Å²) in [5, 5.41) is 0. The minimum atomic E-state index is -0.315. The van der Waals surface area contributed by atoms with E-state index in [1.54, 1.807) is 11.9 Å². The van der Waals surface area contributed by atoms with Gasteiger partial charge < -0.3 is 15.5 Å². The summed E-state index contributed by atoms with van der Waals surface area (Å²) in [6.45, 7) is 3.82. The first-order valence-electron chi connectivity index (χ1n) is 7.84. The van der Waals surface area contributed by atoms with Crippen LogP contribution >= 0.6 is 0 Å². The zero-order valence-electron chi connectivity index (χ0n) is 13.4. The lowest BCUT2D eigenvalue weighted by molar-refractivity contribution is -0.136. The number of nitrogens with two attached hydrogens (primary N) is 1. The van der Waals surface area contributed by atoms with E-state index in [-0.39, 0.29) is 23.8 Å². The monoisotopic (exact) mass is 303 g/mol. The Bertz CT molecular complexity index is 518. The number of likely N-dealkylation sites (N-methyl/N-ethyl adjacent to an activating group) is 1. The van der Waals surface area contributed by atoms with E-state index in [0.29, 0.717) is 19.5 Å². The Labute approximate surface area is 132 Å². The van der Waals surface area contributed by atoms with Gasteiger partial charge in [0, 0.05) is 39.1 Å². The molecule has 0 saturated carbocycles. The highest BCUT2D eigenvalue weighted by atomic mass is 16.2. The van der Waals surface area contributed by atoms with Crippen LogP contribution in [0.2, 0.25) is 0 Å². The van der Waals surface area contributed by atoms with E-state index in [2.05, 4.69) is 0 Å². The zero-order chi connectivity index (χ0) is 16.1. The number of hydrogen-bond acceptors (Lipinski definition) is 3. The van der Waals surface area contributed by atoms with Crippen LogP contribution in [0.25, 0.3) is 0 Å². The molecule has 1 heterocycles. The van der Waals surface area contributed by atoms with Gasteiger partial charge in [-0.05, 0) is 12.0 Å². The molecule has 2 unspecified atom stereocenters. The first kappa shape index (κ1) is 16.5. The van der Waals surface area contributed by atoms with Crippen molar-refractivity contribution < 1.29 is 9.59 Å². The molecule has 2 N–H and O–H groups in total. The van der Waals surface area contributed by atoms with Crippen LogP contribution in [-0.4, -0.2) is 48.3 Å². The number of benzene rings is 1. The van der Waals surface area contributed by atoms with Crippen molar-refractivity contribution in [2.45, 2.75) is 25.8 Å². The quantitative estimate of drug-likeness (QED) is 0.864. The first-order valence-corrected chi connectivity index (χ1v) is 7.84. The Hall–Kier alpha value is -1.88. The van der Waals surface area contributed by atoms with Crippen LogP contribution in [0.3, 0.4) is 0 Å². The van der Waals surface area contributed by atoms with Crippen LogP contribution in [0.1, 0.15) is 31.4 Å². The lowest BCUT2D eigenvalue weighted by Gasteiger charge is -2.27. The Morgan fingerprint density at radius 2 is 2.05 bits per heavy atom. The number of nitrogens with zero attached hydrogens (tertiary/aromatic N) is 2. The van der Waals surface area contributed by atoms with Crippen molar-refractivity contribution in [1.29, 1.82) is 0 Å². The molecule has 22 heavy (non-hydrogen) atoms. The van der Waals surface area contributed by atoms with E-state index in [1.807, 2.05) is 42.2 Å². The van der Waals surface area contributed by atoms with Crippen molar-refractivity contribution in [3.63, 3.8) is 0 Å². The van der Waals surface area contributed by atoms with Gasteiger partial charge in [0.1, 0.15) is 0 Å². The van der Waals surface area contributed by atoms with E-state index < -0.39 is 0 Å². The predicted molar refractivity (Wildman–Crippen MR) is 86.0 cm³/mol. The molecule has 1 aromatic carbocycles. The SMILES string of the molecule is CC(C(=O)N(C)CCN1CCCC1=O)C(N)c1ccccc1. The topological polar surface area (TPSA) is 66.6 Å². The molecule has 0 radical (unpaired) electrons. The van der Waals surface area contributed by atoms with Gasteiger partial charge in [-0.15, -0.1) is 0 Å². The number of rotatable bonds is 6. The number of carbonyl (C=O) groups excluding carboxylic acids is 2. The summed E-state index contributed by atoms with van der Waals surface area (Å²) < 4.78 is 0. The van der Waals surface area contributed by atoms with Crippen LogP contribution in [0.4, 0.5) is 0 Å². The van der Waals surface area contributed by atoms with E-state index in [4.69, 9.17) is 5.73 Å². The highest BCUT2D eigenvalue weighted by molar-refractivity contribution is 5.80. The molecule has 0 aliphatic carbocycles. The summed E-state index contributed by atoms with van der Waals surface area (Å²) >= 11 is 0. The number of hydrogen-bond donors (Lipinski definition) is 1. The van der Waals surface area contributed by atoms with Gasteiger partial charge >= 0.3 is 0 Å². The van der Waals surface area contributed by atoms with Crippen molar-refractivity contribution in [2.75, 3.05) is 26.7 Å². The summed E-state index contributed by atoms with van der Waals surface area (Å²) in [5.41, 5.74) is 7.17. The smallest absolute Gasteiger partial charge is 0.227 e. The maximum atomic E-state index is 12.5. The lowest BCUT2D eigenvalue weighted by atomic mass is 9.94. The van der Waals surface area contributed by atoms with Gasteiger partial charge in [-0.3, -0.25) is 9.59 Å². The second kappa shape index (κ2) is 7.40. The van der Waals surface area contributed by atoms with E-state index >= 15 is 0 Å². The fourth-order valence-corrected chi connectivity index (χ4v) is 2.79. The van der Waals surface area contributed by atoms with E-state index in [9.17, 15) is 9.59 Å². The number of likely N-dealkylation sites (tertiary alicyclic amines) is 1.